The Morgan fingerprint density at radius 2 is 0.258 bits per heavy atom. The molecule has 0 rings (SSSR count). The van der Waals surface area contributed by atoms with Crippen LogP contribution < -0.4 is 0 Å². The van der Waals surface area contributed by atoms with E-state index in [1.807, 2.05) is 0 Å². The third-order valence-electron chi connectivity index (χ3n) is 0. The van der Waals surface area contributed by atoms with Crippen molar-refractivity contribution in [2.24, 2.45) is 0 Å². The van der Waals surface area contributed by atoms with Crippen molar-refractivity contribution in [2.75, 3.05) is 0 Å². The van der Waals surface area contributed by atoms with E-state index in [1.54, 1.807) is 0 Å². The maximum atomic E-state index is 8.52. The van der Waals surface area contributed by atoms with Crippen molar-refractivity contribution in [2.45, 2.75) is 0 Å². The van der Waals surface area contributed by atoms with Gasteiger partial charge in [-0.1, -0.05) is 0 Å². The molecule has 0 aromatic heterocycles. The molecule has 196 valence electrons. The average Bonchev–Trinajstić information content (AvgIpc) is 1.79. The summed E-state index contributed by atoms with van der Waals surface area (Å²) < 4.78 is 170. The summed E-state index contributed by atoms with van der Waals surface area (Å²) >= 11 is 0. The van der Waals surface area contributed by atoms with Gasteiger partial charge in [0.05, 0.1) is 0 Å². The molecular formula is H2Fe4O22S5. The average molecular weight is 738 g/mol. The van der Waals surface area contributed by atoms with Crippen LogP contribution in [0.1, 0.15) is 0 Å². The Labute approximate surface area is 217 Å². The van der Waals surface area contributed by atoms with Crippen molar-refractivity contribution in [3.05, 3.63) is 0 Å². The Morgan fingerprint density at radius 3 is 0.258 bits per heavy atom. The van der Waals surface area contributed by atoms with Gasteiger partial charge < -0.3 is 56.5 Å². The Morgan fingerprint density at radius 1 is 0.258 bits per heavy atom. The van der Waals surface area contributed by atoms with Gasteiger partial charge in [-0.15, -0.1) is 0 Å². The molecule has 0 spiro atoms. The quantitative estimate of drug-likeness (QED) is 0.126. The summed E-state index contributed by atoms with van der Waals surface area (Å²) in [5.74, 6) is 0. The molecule has 0 unspecified atom stereocenters. The smallest absolute Gasteiger partial charge is 0.870 e. The molecule has 0 amide bonds. The first-order valence-electron chi connectivity index (χ1n) is 3.33. The van der Waals surface area contributed by atoms with Crippen LogP contribution in [0.15, 0.2) is 0 Å². The van der Waals surface area contributed by atoms with Gasteiger partial charge in [0, 0.05) is 52.0 Å². The van der Waals surface area contributed by atoms with Gasteiger partial charge in [-0.05, 0) is 0 Å². The molecule has 0 saturated carbocycles. The predicted molar refractivity (Wildman–Crippen MR) is 56.2 cm³/mol. The van der Waals surface area contributed by atoms with Crippen LogP contribution in [-0.2, 0) is 120 Å². The van der Waals surface area contributed by atoms with Gasteiger partial charge in [-0.2, -0.15) is 0 Å². The Kier molecular flexibility index (Phi) is 66.1. The first kappa shape index (κ1) is 69.8. The summed E-state index contributed by atoms with van der Waals surface area (Å²) in [6.45, 7) is 0. The summed E-state index contributed by atoms with van der Waals surface area (Å²) in [5, 5.41) is 0. The van der Waals surface area contributed by atoms with Crippen molar-refractivity contribution in [3.8, 4) is 0 Å². The summed E-state index contributed by atoms with van der Waals surface area (Å²) in [7, 11) is -25.8. The standard InChI is InChI=1S/4Fe.5H2O4S.2H2O/c;;;;5*1-5(2,3)4;;/h;;;;5*(H2,1,2,3,4);2*1H2/q4*+3;;;;;;;/p-12. The van der Waals surface area contributed by atoms with Crippen LogP contribution in [-0.4, -0.2) is 98.6 Å². The van der Waals surface area contributed by atoms with Crippen molar-refractivity contribution < 1.29 is 167 Å². The zero-order chi connectivity index (χ0) is 22.5. The van der Waals surface area contributed by atoms with Gasteiger partial charge in [-0.25, -0.2) is 0 Å². The first-order valence-corrected chi connectivity index (χ1v) is 10.0. The second-order valence-electron chi connectivity index (χ2n) is 2.04. The second kappa shape index (κ2) is 29.4. The van der Waals surface area contributed by atoms with Gasteiger partial charge in [0.25, 0.3) is 0 Å². The summed E-state index contributed by atoms with van der Waals surface area (Å²) in [5.41, 5.74) is 0. The van der Waals surface area contributed by atoms with Crippen LogP contribution in [0.2, 0.25) is 0 Å². The van der Waals surface area contributed by atoms with E-state index in [2.05, 4.69) is 0 Å². The fraction of sp³-hybridized carbons (Fsp3) is 0. The van der Waals surface area contributed by atoms with E-state index in [0.717, 1.165) is 0 Å². The summed E-state index contributed by atoms with van der Waals surface area (Å²) in [6, 6.07) is 0. The normalized spacial score (nSPS) is 9.35. The third-order valence-corrected chi connectivity index (χ3v) is 0. The summed E-state index contributed by atoms with van der Waals surface area (Å²) in [6.07, 6.45) is 0. The molecule has 0 aromatic rings. The molecule has 0 fully saturated rings. The van der Waals surface area contributed by atoms with Gasteiger partial charge in [-0.3, -0.25) is 42.1 Å². The zero-order valence-corrected chi connectivity index (χ0v) is 21.0. The molecular weight excluding hydrogens is 736 g/mol. The van der Waals surface area contributed by atoms with Gasteiger partial charge in [0.15, 0.2) is 0 Å². The van der Waals surface area contributed by atoms with Gasteiger partial charge in [0.1, 0.15) is 0 Å². The molecule has 4 radical (unpaired) electrons. The van der Waals surface area contributed by atoms with E-state index in [4.69, 9.17) is 87.6 Å². The van der Waals surface area contributed by atoms with Gasteiger partial charge >= 0.3 is 68.3 Å². The van der Waals surface area contributed by atoms with Crippen LogP contribution in [0.4, 0.5) is 0 Å². The Hall–Kier alpha value is 1.35. The largest absolute Gasteiger partial charge is 3.00 e. The molecule has 0 aliphatic heterocycles. The van der Waals surface area contributed by atoms with Gasteiger partial charge in [0.2, 0.25) is 0 Å². The molecule has 0 bridgehead atoms. The van der Waals surface area contributed by atoms with Crippen molar-refractivity contribution in [1.82, 2.24) is 0 Å². The van der Waals surface area contributed by atoms with Crippen molar-refractivity contribution in [3.63, 3.8) is 0 Å². The minimum atomic E-state index is -5.17. The van der Waals surface area contributed by atoms with E-state index in [9.17, 15) is 0 Å². The van der Waals surface area contributed by atoms with E-state index in [1.165, 1.54) is 0 Å². The monoisotopic (exact) mass is 738 g/mol. The first-order chi connectivity index (χ1) is 10.0. The van der Waals surface area contributed by atoms with Crippen LogP contribution in [0.3, 0.4) is 0 Å². The molecule has 0 saturated heterocycles. The number of hydrogen-bond acceptors (Lipinski definition) is 22. The van der Waals surface area contributed by atoms with E-state index in [0.29, 0.717) is 0 Å². The topological polar surface area (TPSA) is 461 Å². The minimum Gasteiger partial charge on any atom is -0.870 e. The van der Waals surface area contributed by atoms with Crippen LogP contribution in [0.25, 0.3) is 0 Å². The van der Waals surface area contributed by atoms with E-state index >= 15 is 0 Å². The molecule has 31 heteroatoms. The molecule has 31 heavy (non-hydrogen) atoms. The fourth-order valence-corrected chi connectivity index (χ4v) is 0. The fourth-order valence-electron chi connectivity index (χ4n) is 0. The van der Waals surface area contributed by atoms with Crippen LogP contribution >= 0.6 is 0 Å². The molecule has 0 atom stereocenters. The molecule has 22 nitrogen and oxygen atoms in total. The zero-order valence-electron chi connectivity index (χ0n) is 12.5. The maximum Gasteiger partial charge on any atom is 3.00 e. The van der Waals surface area contributed by atoms with Crippen LogP contribution in [0, 0.1) is 0 Å². The molecule has 0 heterocycles. The Balaban J connectivity index is -0.0000000171. The van der Waals surface area contributed by atoms with E-state index < -0.39 is 52.0 Å². The summed E-state index contributed by atoms with van der Waals surface area (Å²) in [4.78, 5) is 0. The SMILES string of the molecule is O=S(=O)([O-])[O-].O=S(=O)([O-])[O-].O=S(=O)([O-])[O-].O=S(=O)([O-])[O-].O=S(=O)([O-])[O-].[Fe+3].[Fe+3].[Fe+3].[Fe+3].[OH-].[OH-]. The minimum absolute atomic E-state index is 0. The second-order valence-corrected chi connectivity index (χ2v) is 6.12. The van der Waals surface area contributed by atoms with E-state index in [-0.39, 0.29) is 79.2 Å². The van der Waals surface area contributed by atoms with Crippen molar-refractivity contribution in [1.29, 1.82) is 0 Å². The predicted octanol–water partition coefficient (Wildman–Crippen LogP) is -7.05. The number of rotatable bonds is 0. The van der Waals surface area contributed by atoms with Crippen LogP contribution in [0.5, 0.6) is 0 Å². The number of hydrogen-bond donors (Lipinski definition) is 0. The third kappa shape index (κ3) is 14900. The molecule has 0 aliphatic rings. The molecule has 2 N–H and O–H groups in total. The van der Waals surface area contributed by atoms with Crippen molar-refractivity contribution >= 4 is 52.0 Å². The maximum absolute atomic E-state index is 8.52. The molecule has 0 aromatic carbocycles. The molecule has 0 aliphatic carbocycles. The Bertz CT molecular complexity index is 626.